The molecule has 0 saturated carbocycles. The molecule has 0 aromatic heterocycles. The molecule has 0 aliphatic carbocycles. The third-order valence-electron chi connectivity index (χ3n) is 4.05. The van der Waals surface area contributed by atoms with E-state index in [0.717, 1.165) is 26.1 Å². The Bertz CT molecular complexity index is 267. The predicted molar refractivity (Wildman–Crippen MR) is 74.7 cm³/mol. The van der Waals surface area contributed by atoms with Crippen LogP contribution in [0.15, 0.2) is 0 Å². The van der Waals surface area contributed by atoms with Gasteiger partial charge in [-0.25, -0.2) is 0 Å². The molecule has 1 saturated heterocycles. The minimum absolute atomic E-state index is 0.0809. The highest BCUT2D eigenvalue weighted by molar-refractivity contribution is 5.04. The van der Waals surface area contributed by atoms with Crippen molar-refractivity contribution in [3.63, 3.8) is 0 Å². The zero-order chi connectivity index (χ0) is 14.0. The van der Waals surface area contributed by atoms with Gasteiger partial charge < -0.3 is 20.1 Å². The molecule has 4 nitrogen and oxygen atoms in total. The quantitative estimate of drug-likeness (QED) is 0.733. The van der Waals surface area contributed by atoms with Gasteiger partial charge in [0.15, 0.2) is 0 Å². The number of nitrogens with two attached hydrogens (primary N) is 1. The fraction of sp³-hybridized carbons (Fsp3) is 1.00. The molecule has 2 atom stereocenters. The summed E-state index contributed by atoms with van der Waals surface area (Å²) in [5.74, 6) is 0.361. The highest BCUT2D eigenvalue weighted by atomic mass is 16.5. The van der Waals surface area contributed by atoms with Crippen LogP contribution in [0.25, 0.3) is 0 Å². The summed E-state index contributed by atoms with van der Waals surface area (Å²) in [5.41, 5.74) is 5.97. The monoisotopic (exact) mass is 258 g/mol. The topological polar surface area (TPSA) is 47.7 Å². The molecular formula is C14H30N2O2. The van der Waals surface area contributed by atoms with Gasteiger partial charge >= 0.3 is 0 Å². The predicted octanol–water partition coefficient (Wildman–Crippen LogP) is 1.49. The van der Waals surface area contributed by atoms with Crippen molar-refractivity contribution in [1.82, 2.24) is 4.90 Å². The maximum Gasteiger partial charge on any atom is 0.0788 e. The van der Waals surface area contributed by atoms with E-state index in [1.54, 1.807) is 7.11 Å². The van der Waals surface area contributed by atoms with Crippen molar-refractivity contribution >= 4 is 0 Å². The number of methoxy groups -OCH3 is 1. The SMILES string of the molecule is COCCCN(C)CC1C(N)C(C)(C)OC1(C)C. The maximum atomic E-state index is 6.36. The lowest BCUT2D eigenvalue weighted by molar-refractivity contribution is -0.0781. The van der Waals surface area contributed by atoms with Crippen molar-refractivity contribution in [3.8, 4) is 0 Å². The first kappa shape index (κ1) is 15.9. The molecule has 0 bridgehead atoms. The molecule has 1 rings (SSSR count). The molecule has 18 heavy (non-hydrogen) atoms. The molecule has 108 valence electrons. The van der Waals surface area contributed by atoms with E-state index in [-0.39, 0.29) is 17.2 Å². The molecule has 0 spiro atoms. The van der Waals surface area contributed by atoms with Crippen molar-refractivity contribution in [1.29, 1.82) is 0 Å². The average Bonchev–Trinajstić information content (AvgIpc) is 2.37. The van der Waals surface area contributed by atoms with Gasteiger partial charge in [-0.1, -0.05) is 0 Å². The number of hydrogen-bond acceptors (Lipinski definition) is 4. The van der Waals surface area contributed by atoms with E-state index in [2.05, 4.69) is 39.6 Å². The molecule has 1 heterocycles. The smallest absolute Gasteiger partial charge is 0.0788 e. The second-order valence-electron chi connectivity index (χ2n) is 6.55. The number of ether oxygens (including phenoxy) is 2. The molecular weight excluding hydrogens is 228 g/mol. The Balaban J connectivity index is 2.54. The summed E-state index contributed by atoms with van der Waals surface area (Å²) in [4.78, 5) is 2.33. The van der Waals surface area contributed by atoms with E-state index in [9.17, 15) is 0 Å². The van der Waals surface area contributed by atoms with Crippen LogP contribution in [0.3, 0.4) is 0 Å². The van der Waals surface area contributed by atoms with Gasteiger partial charge in [0.05, 0.1) is 11.2 Å². The van der Waals surface area contributed by atoms with Crippen molar-refractivity contribution in [2.45, 2.75) is 51.4 Å². The molecule has 0 amide bonds. The molecule has 1 aliphatic heterocycles. The van der Waals surface area contributed by atoms with E-state index in [0.29, 0.717) is 5.92 Å². The van der Waals surface area contributed by atoms with Gasteiger partial charge in [-0.05, 0) is 41.2 Å². The first-order valence-electron chi connectivity index (χ1n) is 6.84. The molecule has 0 aromatic rings. The maximum absolute atomic E-state index is 6.36. The summed E-state index contributed by atoms with van der Waals surface area (Å²) >= 11 is 0. The van der Waals surface area contributed by atoms with Crippen LogP contribution < -0.4 is 5.73 Å². The van der Waals surface area contributed by atoms with Gasteiger partial charge in [0, 0.05) is 38.8 Å². The van der Waals surface area contributed by atoms with Crippen molar-refractivity contribution in [2.24, 2.45) is 11.7 Å². The molecule has 1 aliphatic rings. The van der Waals surface area contributed by atoms with Crippen LogP contribution in [0, 0.1) is 5.92 Å². The largest absolute Gasteiger partial charge is 0.385 e. The van der Waals surface area contributed by atoms with E-state index in [1.807, 2.05) is 0 Å². The Morgan fingerprint density at radius 2 is 1.83 bits per heavy atom. The van der Waals surface area contributed by atoms with Gasteiger partial charge in [0.2, 0.25) is 0 Å². The number of rotatable bonds is 6. The standard InChI is InChI=1S/C14H30N2O2/c1-13(2)11(12(15)14(3,4)18-13)10-16(5)8-7-9-17-6/h11-12H,7-10,15H2,1-6H3. The van der Waals surface area contributed by atoms with E-state index >= 15 is 0 Å². The summed E-state index contributed by atoms with van der Waals surface area (Å²) in [6.45, 7) is 11.3. The van der Waals surface area contributed by atoms with E-state index in [1.165, 1.54) is 0 Å². The van der Waals surface area contributed by atoms with Gasteiger partial charge in [0.1, 0.15) is 0 Å². The van der Waals surface area contributed by atoms with Crippen LogP contribution in [0.2, 0.25) is 0 Å². The summed E-state index contributed by atoms with van der Waals surface area (Å²) in [6.07, 6.45) is 1.06. The van der Waals surface area contributed by atoms with Crippen molar-refractivity contribution < 1.29 is 9.47 Å². The highest BCUT2D eigenvalue weighted by Gasteiger charge is 2.52. The van der Waals surface area contributed by atoms with Crippen LogP contribution in [0.1, 0.15) is 34.1 Å². The lowest BCUT2D eigenvalue weighted by Gasteiger charge is -2.31. The molecule has 4 heteroatoms. The molecule has 2 N–H and O–H groups in total. The van der Waals surface area contributed by atoms with Crippen molar-refractivity contribution in [2.75, 3.05) is 33.9 Å². The summed E-state index contributed by atoms with van der Waals surface area (Å²) in [7, 11) is 3.89. The Kier molecular flexibility index (Phi) is 5.18. The molecule has 1 fully saturated rings. The van der Waals surface area contributed by atoms with Crippen LogP contribution in [-0.2, 0) is 9.47 Å². The molecule has 0 radical (unpaired) electrons. The minimum atomic E-state index is -0.235. The summed E-state index contributed by atoms with van der Waals surface area (Å²) in [5, 5.41) is 0. The Morgan fingerprint density at radius 1 is 1.22 bits per heavy atom. The fourth-order valence-corrected chi connectivity index (χ4v) is 2.98. The summed E-state index contributed by atoms with van der Waals surface area (Å²) in [6, 6.07) is 0.0809. The van der Waals surface area contributed by atoms with Crippen LogP contribution in [-0.4, -0.2) is 56.0 Å². The van der Waals surface area contributed by atoms with Gasteiger partial charge in [-0.15, -0.1) is 0 Å². The lowest BCUT2D eigenvalue weighted by Crippen LogP contribution is -2.47. The first-order valence-corrected chi connectivity index (χ1v) is 6.84. The van der Waals surface area contributed by atoms with E-state index in [4.69, 9.17) is 15.2 Å². The average molecular weight is 258 g/mol. The molecule has 2 unspecified atom stereocenters. The zero-order valence-corrected chi connectivity index (χ0v) is 12.8. The normalized spacial score (nSPS) is 30.0. The second kappa shape index (κ2) is 5.87. The number of nitrogens with zero attached hydrogens (tertiary/aromatic N) is 1. The zero-order valence-electron chi connectivity index (χ0n) is 12.8. The van der Waals surface area contributed by atoms with Crippen LogP contribution >= 0.6 is 0 Å². The third-order valence-corrected chi connectivity index (χ3v) is 4.05. The highest BCUT2D eigenvalue weighted by Crippen LogP contribution is 2.41. The van der Waals surface area contributed by atoms with Crippen LogP contribution in [0.5, 0.6) is 0 Å². The van der Waals surface area contributed by atoms with Crippen molar-refractivity contribution in [3.05, 3.63) is 0 Å². The Hall–Kier alpha value is -0.160. The molecule has 0 aromatic carbocycles. The summed E-state index contributed by atoms with van der Waals surface area (Å²) < 4.78 is 11.2. The van der Waals surface area contributed by atoms with Gasteiger partial charge in [0.25, 0.3) is 0 Å². The van der Waals surface area contributed by atoms with Crippen LogP contribution in [0.4, 0.5) is 0 Å². The Morgan fingerprint density at radius 3 is 2.28 bits per heavy atom. The Labute approximate surface area is 112 Å². The second-order valence-corrected chi connectivity index (χ2v) is 6.55. The van der Waals surface area contributed by atoms with E-state index < -0.39 is 0 Å². The lowest BCUT2D eigenvalue weighted by atomic mass is 9.83. The van der Waals surface area contributed by atoms with Gasteiger partial charge in [-0.3, -0.25) is 0 Å². The fourth-order valence-electron chi connectivity index (χ4n) is 2.98. The first-order chi connectivity index (χ1) is 8.20. The number of hydrogen-bond donors (Lipinski definition) is 1. The van der Waals surface area contributed by atoms with Gasteiger partial charge in [-0.2, -0.15) is 0 Å². The minimum Gasteiger partial charge on any atom is -0.385 e. The third kappa shape index (κ3) is 3.67.